The van der Waals surface area contributed by atoms with Gasteiger partial charge in [-0.3, -0.25) is 0 Å². The van der Waals surface area contributed by atoms with Crippen molar-refractivity contribution < 1.29 is 4.74 Å². The van der Waals surface area contributed by atoms with Crippen LogP contribution in [0.15, 0.2) is 91.0 Å². The van der Waals surface area contributed by atoms with E-state index in [1.807, 2.05) is 36.4 Å². The van der Waals surface area contributed by atoms with Crippen LogP contribution in [0.5, 0.6) is 5.75 Å². The van der Waals surface area contributed by atoms with E-state index < -0.39 is 0 Å². The highest BCUT2D eigenvalue weighted by Gasteiger charge is 2.07. The second-order valence-corrected chi connectivity index (χ2v) is 6.84. The zero-order valence-electron chi connectivity index (χ0n) is 14.9. The monoisotopic (exact) mass is 373 g/mol. The Balaban J connectivity index is 1.53. The Labute approximate surface area is 164 Å². The van der Waals surface area contributed by atoms with Gasteiger partial charge in [-0.25, -0.2) is 0 Å². The Morgan fingerprint density at radius 3 is 2.44 bits per heavy atom. The summed E-state index contributed by atoms with van der Waals surface area (Å²) in [5, 5.41) is 6.66. The van der Waals surface area contributed by atoms with Gasteiger partial charge in [0.1, 0.15) is 12.4 Å². The Kier molecular flexibility index (Phi) is 5.27. The summed E-state index contributed by atoms with van der Waals surface area (Å²) in [6.45, 7) is 1.17. The van der Waals surface area contributed by atoms with Gasteiger partial charge >= 0.3 is 0 Å². The zero-order chi connectivity index (χ0) is 18.5. The first-order chi connectivity index (χ1) is 13.3. The summed E-state index contributed by atoms with van der Waals surface area (Å²) in [7, 11) is 0. The smallest absolute Gasteiger partial charge is 0.124 e. The third kappa shape index (κ3) is 4.24. The number of nitrogens with one attached hydrogen (secondary N) is 1. The zero-order valence-corrected chi connectivity index (χ0v) is 15.6. The van der Waals surface area contributed by atoms with Crippen LogP contribution in [0.1, 0.15) is 11.1 Å². The van der Waals surface area contributed by atoms with E-state index in [2.05, 4.69) is 59.9 Å². The number of ether oxygens (including phenoxy) is 1. The predicted molar refractivity (Wildman–Crippen MR) is 114 cm³/mol. The summed E-state index contributed by atoms with van der Waals surface area (Å²) >= 11 is 6.23. The van der Waals surface area contributed by atoms with Gasteiger partial charge in [0.05, 0.1) is 0 Å². The van der Waals surface area contributed by atoms with Gasteiger partial charge in [0.25, 0.3) is 0 Å². The molecule has 4 rings (SSSR count). The normalized spacial score (nSPS) is 10.7. The quantitative estimate of drug-likeness (QED) is 0.406. The average Bonchev–Trinajstić information content (AvgIpc) is 2.72. The molecule has 3 heteroatoms. The van der Waals surface area contributed by atoms with Crippen LogP contribution in [-0.4, -0.2) is 0 Å². The molecule has 0 bridgehead atoms. The van der Waals surface area contributed by atoms with Gasteiger partial charge in [-0.1, -0.05) is 78.3 Å². The molecule has 0 spiro atoms. The topological polar surface area (TPSA) is 21.3 Å². The number of hydrogen-bond donors (Lipinski definition) is 1. The maximum atomic E-state index is 6.23. The maximum absolute atomic E-state index is 6.23. The molecule has 4 aromatic carbocycles. The largest absolute Gasteiger partial charge is 0.489 e. The Morgan fingerprint density at radius 2 is 1.56 bits per heavy atom. The molecule has 0 amide bonds. The van der Waals surface area contributed by atoms with Crippen LogP contribution >= 0.6 is 11.6 Å². The van der Waals surface area contributed by atoms with Gasteiger partial charge in [0, 0.05) is 28.2 Å². The Hall–Kier alpha value is -2.97. The fourth-order valence-corrected chi connectivity index (χ4v) is 3.33. The first-order valence-electron chi connectivity index (χ1n) is 8.96. The van der Waals surface area contributed by atoms with Gasteiger partial charge in [-0.05, 0) is 35.2 Å². The van der Waals surface area contributed by atoms with E-state index >= 15 is 0 Å². The average molecular weight is 374 g/mol. The summed E-state index contributed by atoms with van der Waals surface area (Å²) in [4.78, 5) is 0. The van der Waals surface area contributed by atoms with Crippen molar-refractivity contribution in [2.75, 3.05) is 5.32 Å². The molecule has 0 fully saturated rings. The molecular weight excluding hydrogens is 354 g/mol. The van der Waals surface area contributed by atoms with Crippen molar-refractivity contribution in [3.63, 3.8) is 0 Å². The third-order valence-electron chi connectivity index (χ3n) is 4.52. The van der Waals surface area contributed by atoms with Gasteiger partial charge in [0.15, 0.2) is 0 Å². The fourth-order valence-electron chi connectivity index (χ4n) is 3.13. The molecule has 0 aliphatic heterocycles. The minimum atomic E-state index is 0.531. The molecule has 0 aromatic heterocycles. The molecule has 27 heavy (non-hydrogen) atoms. The number of hydrogen-bond acceptors (Lipinski definition) is 2. The van der Waals surface area contributed by atoms with E-state index in [0.29, 0.717) is 18.2 Å². The summed E-state index contributed by atoms with van der Waals surface area (Å²) < 4.78 is 6.06. The van der Waals surface area contributed by atoms with Crippen molar-refractivity contribution in [3.8, 4) is 5.75 Å². The second kappa shape index (κ2) is 8.15. The van der Waals surface area contributed by atoms with Crippen molar-refractivity contribution in [2.24, 2.45) is 0 Å². The van der Waals surface area contributed by atoms with Gasteiger partial charge < -0.3 is 10.1 Å². The minimum Gasteiger partial charge on any atom is -0.489 e. The van der Waals surface area contributed by atoms with Crippen LogP contribution in [0.4, 0.5) is 5.69 Å². The molecule has 0 saturated carbocycles. The van der Waals surface area contributed by atoms with Gasteiger partial charge in [-0.2, -0.15) is 0 Å². The van der Waals surface area contributed by atoms with E-state index in [1.54, 1.807) is 0 Å². The highest BCUT2D eigenvalue weighted by atomic mass is 35.5. The molecule has 0 aliphatic rings. The second-order valence-electron chi connectivity index (χ2n) is 6.41. The van der Waals surface area contributed by atoms with E-state index in [-0.39, 0.29) is 0 Å². The standard InChI is InChI=1S/C24H20ClNO/c25-21-13-14-24(27-17-18-7-2-1-3-8-18)20(15-21)16-26-23-12-6-10-19-9-4-5-11-22(19)23/h1-15,26H,16-17H2. The molecule has 1 N–H and O–H groups in total. The van der Waals surface area contributed by atoms with Crippen molar-refractivity contribution >= 4 is 28.1 Å². The number of anilines is 1. The molecule has 0 aliphatic carbocycles. The van der Waals surface area contributed by atoms with Crippen molar-refractivity contribution in [2.45, 2.75) is 13.2 Å². The lowest BCUT2D eigenvalue weighted by atomic mass is 10.1. The van der Waals surface area contributed by atoms with Crippen LogP contribution in [-0.2, 0) is 13.2 Å². The van der Waals surface area contributed by atoms with Crippen LogP contribution in [0.3, 0.4) is 0 Å². The number of fused-ring (bicyclic) bond motifs is 1. The summed E-state index contributed by atoms with van der Waals surface area (Å²) in [6, 6.07) is 30.6. The summed E-state index contributed by atoms with van der Waals surface area (Å²) in [5.74, 6) is 0.844. The molecule has 0 atom stereocenters. The maximum Gasteiger partial charge on any atom is 0.124 e. The number of halogens is 1. The molecule has 0 unspecified atom stereocenters. The third-order valence-corrected chi connectivity index (χ3v) is 4.75. The SMILES string of the molecule is Clc1ccc(OCc2ccccc2)c(CNc2cccc3ccccc23)c1. The van der Waals surface area contributed by atoms with Crippen LogP contribution < -0.4 is 10.1 Å². The van der Waals surface area contributed by atoms with Crippen LogP contribution in [0, 0.1) is 0 Å². The molecule has 0 heterocycles. The Bertz CT molecular complexity index is 1040. The highest BCUT2D eigenvalue weighted by Crippen LogP contribution is 2.27. The predicted octanol–water partition coefficient (Wildman–Crippen LogP) is 6.68. The molecule has 4 aromatic rings. The fraction of sp³-hybridized carbons (Fsp3) is 0.0833. The lowest BCUT2D eigenvalue weighted by molar-refractivity contribution is 0.303. The first kappa shape index (κ1) is 17.4. The van der Waals surface area contributed by atoms with E-state index in [4.69, 9.17) is 16.3 Å². The van der Waals surface area contributed by atoms with E-state index in [9.17, 15) is 0 Å². The lowest BCUT2D eigenvalue weighted by Crippen LogP contribution is -2.04. The van der Waals surface area contributed by atoms with Crippen molar-refractivity contribution in [3.05, 3.63) is 107 Å². The molecule has 2 nitrogen and oxygen atoms in total. The summed E-state index contributed by atoms with van der Waals surface area (Å²) in [5.41, 5.74) is 3.27. The highest BCUT2D eigenvalue weighted by molar-refractivity contribution is 6.30. The minimum absolute atomic E-state index is 0.531. The summed E-state index contributed by atoms with van der Waals surface area (Å²) in [6.07, 6.45) is 0. The molecular formula is C24H20ClNO. The number of benzene rings is 4. The van der Waals surface area contributed by atoms with Crippen LogP contribution in [0.2, 0.25) is 5.02 Å². The van der Waals surface area contributed by atoms with E-state index in [0.717, 1.165) is 22.6 Å². The van der Waals surface area contributed by atoms with Crippen molar-refractivity contribution in [1.82, 2.24) is 0 Å². The molecule has 0 saturated heterocycles. The first-order valence-corrected chi connectivity index (χ1v) is 9.34. The molecule has 0 radical (unpaired) electrons. The van der Waals surface area contributed by atoms with E-state index in [1.165, 1.54) is 10.8 Å². The Morgan fingerprint density at radius 1 is 0.778 bits per heavy atom. The van der Waals surface area contributed by atoms with Gasteiger partial charge in [0.2, 0.25) is 0 Å². The lowest BCUT2D eigenvalue weighted by Gasteiger charge is -2.14. The van der Waals surface area contributed by atoms with Gasteiger partial charge in [-0.15, -0.1) is 0 Å². The number of rotatable bonds is 6. The molecule has 134 valence electrons. The van der Waals surface area contributed by atoms with Crippen molar-refractivity contribution in [1.29, 1.82) is 0 Å². The van der Waals surface area contributed by atoms with Crippen LogP contribution in [0.25, 0.3) is 10.8 Å².